The maximum Gasteiger partial charge on any atom is 0.162 e. The predicted molar refractivity (Wildman–Crippen MR) is 115 cm³/mol. The summed E-state index contributed by atoms with van der Waals surface area (Å²) in [5.74, 6) is 3.43. The van der Waals surface area contributed by atoms with Crippen molar-refractivity contribution in [3.8, 4) is 23.0 Å². The van der Waals surface area contributed by atoms with Crippen molar-refractivity contribution in [2.24, 2.45) is 0 Å². The van der Waals surface area contributed by atoms with Crippen molar-refractivity contribution in [2.75, 3.05) is 33.0 Å². The fourth-order valence-corrected chi connectivity index (χ4v) is 5.80. The van der Waals surface area contributed by atoms with E-state index in [0.29, 0.717) is 32.5 Å². The Morgan fingerprint density at radius 3 is 1.77 bits per heavy atom. The van der Waals surface area contributed by atoms with Crippen molar-refractivity contribution >= 4 is 21.5 Å². The third-order valence-corrected chi connectivity index (χ3v) is 7.22. The van der Waals surface area contributed by atoms with E-state index in [2.05, 4.69) is 29.2 Å². The number of ether oxygens (including phenoxy) is 4. The molecular weight excluding hydrogens is 378 g/mol. The number of benzene rings is 3. The SMILES string of the molecule is c1c2c(cc3c1c1c(c4cc5c(cc43)OCCO5)CN3CCCCC3C1)OCCO2. The molecule has 5 heteroatoms. The zero-order valence-electron chi connectivity index (χ0n) is 17.0. The van der Waals surface area contributed by atoms with E-state index in [1.807, 2.05) is 0 Å². The number of nitrogens with zero attached hydrogens (tertiary/aromatic N) is 1. The molecular formula is C25H25NO4. The summed E-state index contributed by atoms with van der Waals surface area (Å²) in [6.45, 7) is 4.65. The quantitative estimate of drug-likeness (QED) is 0.519. The van der Waals surface area contributed by atoms with Crippen LogP contribution in [0.4, 0.5) is 0 Å². The lowest BCUT2D eigenvalue weighted by Crippen LogP contribution is -2.43. The highest BCUT2D eigenvalue weighted by Gasteiger charge is 2.32. The summed E-state index contributed by atoms with van der Waals surface area (Å²) in [5, 5.41) is 5.06. The van der Waals surface area contributed by atoms with Crippen LogP contribution in [0, 0.1) is 0 Å². The first-order valence-electron chi connectivity index (χ1n) is 11.2. The smallest absolute Gasteiger partial charge is 0.162 e. The summed E-state index contributed by atoms with van der Waals surface area (Å²) in [6.07, 6.45) is 5.05. The van der Waals surface area contributed by atoms with E-state index < -0.39 is 0 Å². The predicted octanol–water partition coefficient (Wildman–Crippen LogP) is 4.45. The molecule has 0 saturated carbocycles. The molecule has 3 aromatic carbocycles. The largest absolute Gasteiger partial charge is 0.486 e. The molecule has 1 unspecified atom stereocenters. The number of hydrogen-bond acceptors (Lipinski definition) is 5. The number of fused-ring (bicyclic) bond motifs is 9. The van der Waals surface area contributed by atoms with E-state index in [1.165, 1.54) is 58.5 Å². The van der Waals surface area contributed by atoms with Crippen LogP contribution in [0.3, 0.4) is 0 Å². The van der Waals surface area contributed by atoms with Gasteiger partial charge in [-0.05, 0) is 82.7 Å². The van der Waals surface area contributed by atoms with Crippen LogP contribution in [-0.4, -0.2) is 43.9 Å². The van der Waals surface area contributed by atoms with Crippen LogP contribution >= 0.6 is 0 Å². The molecule has 4 heterocycles. The minimum Gasteiger partial charge on any atom is -0.486 e. The molecule has 7 rings (SSSR count). The van der Waals surface area contributed by atoms with Gasteiger partial charge < -0.3 is 18.9 Å². The maximum absolute atomic E-state index is 5.95. The van der Waals surface area contributed by atoms with Crippen LogP contribution < -0.4 is 18.9 Å². The van der Waals surface area contributed by atoms with Crippen LogP contribution in [-0.2, 0) is 13.0 Å². The second-order valence-corrected chi connectivity index (χ2v) is 8.86. The number of hydrogen-bond donors (Lipinski definition) is 0. The van der Waals surface area contributed by atoms with Gasteiger partial charge in [0.05, 0.1) is 0 Å². The molecule has 0 aliphatic carbocycles. The van der Waals surface area contributed by atoms with Crippen LogP contribution in [0.1, 0.15) is 30.4 Å². The Labute approximate surface area is 175 Å². The van der Waals surface area contributed by atoms with Gasteiger partial charge in [-0.1, -0.05) is 6.42 Å². The number of piperidine rings is 1. The first-order chi connectivity index (χ1) is 14.8. The van der Waals surface area contributed by atoms with Gasteiger partial charge in [-0.2, -0.15) is 0 Å². The topological polar surface area (TPSA) is 40.2 Å². The Kier molecular flexibility index (Phi) is 3.65. The molecule has 0 radical (unpaired) electrons. The van der Waals surface area contributed by atoms with Gasteiger partial charge in [0.2, 0.25) is 0 Å². The van der Waals surface area contributed by atoms with Crippen molar-refractivity contribution in [3.63, 3.8) is 0 Å². The van der Waals surface area contributed by atoms with Gasteiger partial charge in [0.15, 0.2) is 23.0 Å². The van der Waals surface area contributed by atoms with Crippen LogP contribution in [0.5, 0.6) is 23.0 Å². The van der Waals surface area contributed by atoms with Gasteiger partial charge in [0, 0.05) is 12.6 Å². The molecule has 4 aliphatic heterocycles. The fourth-order valence-electron chi connectivity index (χ4n) is 5.80. The first-order valence-corrected chi connectivity index (χ1v) is 11.2. The molecule has 0 N–H and O–H groups in total. The third-order valence-electron chi connectivity index (χ3n) is 7.22. The highest BCUT2D eigenvalue weighted by Crippen LogP contribution is 2.46. The van der Waals surface area contributed by atoms with E-state index in [1.54, 1.807) is 0 Å². The second-order valence-electron chi connectivity index (χ2n) is 8.86. The Hall–Kier alpha value is -2.66. The number of rotatable bonds is 0. The van der Waals surface area contributed by atoms with Crippen molar-refractivity contribution < 1.29 is 18.9 Å². The van der Waals surface area contributed by atoms with E-state index in [-0.39, 0.29) is 0 Å². The molecule has 30 heavy (non-hydrogen) atoms. The highest BCUT2D eigenvalue weighted by molar-refractivity contribution is 6.13. The van der Waals surface area contributed by atoms with Gasteiger partial charge in [-0.3, -0.25) is 4.90 Å². The molecule has 1 atom stereocenters. The van der Waals surface area contributed by atoms with Crippen molar-refractivity contribution in [1.82, 2.24) is 4.90 Å². The molecule has 0 bridgehead atoms. The van der Waals surface area contributed by atoms with Crippen molar-refractivity contribution in [2.45, 2.75) is 38.3 Å². The Balaban J connectivity index is 1.55. The van der Waals surface area contributed by atoms with E-state index in [9.17, 15) is 0 Å². The summed E-state index contributed by atoms with van der Waals surface area (Å²) < 4.78 is 23.8. The highest BCUT2D eigenvalue weighted by atomic mass is 16.6. The molecule has 0 aromatic heterocycles. The molecule has 1 fully saturated rings. The van der Waals surface area contributed by atoms with E-state index in [0.717, 1.165) is 36.0 Å². The van der Waals surface area contributed by atoms with Crippen molar-refractivity contribution in [1.29, 1.82) is 0 Å². The summed E-state index contributed by atoms with van der Waals surface area (Å²) in [5.41, 5.74) is 2.93. The Morgan fingerprint density at radius 1 is 0.633 bits per heavy atom. The summed E-state index contributed by atoms with van der Waals surface area (Å²) in [4.78, 5) is 2.69. The third kappa shape index (κ3) is 2.45. The maximum atomic E-state index is 5.95. The molecule has 0 spiro atoms. The second kappa shape index (κ2) is 6.42. The molecule has 4 aliphatic rings. The fraction of sp³-hybridized carbons (Fsp3) is 0.440. The normalized spacial score (nSPS) is 22.6. The van der Waals surface area contributed by atoms with Crippen LogP contribution in [0.15, 0.2) is 24.3 Å². The standard InChI is InChI=1S/C25H25NO4/c1-2-4-26-14-21-16(9-15(26)3-1)17-10-22-23(28-6-5-27-22)11-18(17)19-12-24-25(13-20(19)21)30-8-7-29-24/h10-13,15H,1-9,14H2. The molecule has 0 amide bonds. The molecule has 1 saturated heterocycles. The van der Waals surface area contributed by atoms with Crippen molar-refractivity contribution in [3.05, 3.63) is 35.4 Å². The monoisotopic (exact) mass is 403 g/mol. The zero-order chi connectivity index (χ0) is 19.7. The van der Waals surface area contributed by atoms with Gasteiger partial charge in [0.25, 0.3) is 0 Å². The lowest BCUT2D eigenvalue weighted by atomic mass is 9.82. The Bertz CT molecular complexity index is 1090. The van der Waals surface area contributed by atoms with Gasteiger partial charge >= 0.3 is 0 Å². The Morgan fingerprint density at radius 2 is 1.17 bits per heavy atom. The van der Waals surface area contributed by atoms with Gasteiger partial charge in [0.1, 0.15) is 26.4 Å². The summed E-state index contributed by atoms with van der Waals surface area (Å²) >= 11 is 0. The van der Waals surface area contributed by atoms with Gasteiger partial charge in [-0.25, -0.2) is 0 Å². The summed E-state index contributed by atoms with van der Waals surface area (Å²) in [6, 6.07) is 9.43. The average molecular weight is 403 g/mol. The molecule has 5 nitrogen and oxygen atoms in total. The lowest BCUT2D eigenvalue weighted by molar-refractivity contribution is 0.128. The first kappa shape index (κ1) is 17.1. The zero-order valence-corrected chi connectivity index (χ0v) is 17.0. The molecule has 154 valence electrons. The van der Waals surface area contributed by atoms with Crippen LogP contribution in [0.2, 0.25) is 0 Å². The summed E-state index contributed by atoms with van der Waals surface area (Å²) in [7, 11) is 0. The molecule has 3 aromatic rings. The van der Waals surface area contributed by atoms with Crippen LogP contribution in [0.25, 0.3) is 21.5 Å². The minimum atomic E-state index is 0.600. The average Bonchev–Trinajstić information content (AvgIpc) is 2.81. The van der Waals surface area contributed by atoms with E-state index in [4.69, 9.17) is 18.9 Å². The van der Waals surface area contributed by atoms with E-state index >= 15 is 0 Å². The lowest BCUT2D eigenvalue weighted by Gasteiger charge is -2.41. The minimum absolute atomic E-state index is 0.600. The van der Waals surface area contributed by atoms with Gasteiger partial charge in [-0.15, -0.1) is 0 Å².